The fourth-order valence-electron chi connectivity index (χ4n) is 2.22. The van der Waals surface area contributed by atoms with E-state index in [4.69, 9.17) is 0 Å². The molecule has 118 valence electrons. The monoisotopic (exact) mass is 301 g/mol. The number of carbonyl (C=O) groups is 1. The SMILES string of the molecule is Cc1cc(C)n(C[C@H](C)CNC(=O)NCc2ccccn2)n1. The third kappa shape index (κ3) is 4.87. The first-order valence-corrected chi connectivity index (χ1v) is 7.47. The molecule has 0 saturated carbocycles. The number of rotatable bonds is 6. The number of aryl methyl sites for hydroxylation is 2. The lowest BCUT2D eigenvalue weighted by Gasteiger charge is -2.14. The van der Waals surface area contributed by atoms with Gasteiger partial charge in [0.05, 0.1) is 17.9 Å². The van der Waals surface area contributed by atoms with Gasteiger partial charge in [0.2, 0.25) is 0 Å². The van der Waals surface area contributed by atoms with E-state index in [-0.39, 0.29) is 6.03 Å². The maximum absolute atomic E-state index is 11.8. The molecule has 0 saturated heterocycles. The molecule has 22 heavy (non-hydrogen) atoms. The van der Waals surface area contributed by atoms with Crippen LogP contribution < -0.4 is 10.6 Å². The normalized spacial score (nSPS) is 12.0. The second-order valence-electron chi connectivity index (χ2n) is 5.60. The highest BCUT2D eigenvalue weighted by Crippen LogP contribution is 2.05. The van der Waals surface area contributed by atoms with Crippen LogP contribution in [0.15, 0.2) is 30.5 Å². The van der Waals surface area contributed by atoms with Crippen molar-refractivity contribution in [3.63, 3.8) is 0 Å². The summed E-state index contributed by atoms with van der Waals surface area (Å²) in [5.41, 5.74) is 3.00. The van der Waals surface area contributed by atoms with Crippen molar-refractivity contribution in [3.05, 3.63) is 47.5 Å². The number of nitrogens with zero attached hydrogens (tertiary/aromatic N) is 3. The molecule has 2 rings (SSSR count). The Kier molecular flexibility index (Phi) is 5.52. The average molecular weight is 301 g/mol. The molecular weight excluding hydrogens is 278 g/mol. The second kappa shape index (κ2) is 7.59. The van der Waals surface area contributed by atoms with Crippen LogP contribution in [0, 0.1) is 19.8 Å². The fourth-order valence-corrected chi connectivity index (χ4v) is 2.22. The number of nitrogens with one attached hydrogen (secondary N) is 2. The molecule has 2 heterocycles. The summed E-state index contributed by atoms with van der Waals surface area (Å²) in [6, 6.07) is 7.51. The van der Waals surface area contributed by atoms with E-state index in [0.717, 1.165) is 23.6 Å². The first-order valence-electron chi connectivity index (χ1n) is 7.47. The number of amides is 2. The fraction of sp³-hybridized carbons (Fsp3) is 0.438. The predicted octanol–water partition coefficient (Wildman–Crippen LogP) is 2.03. The van der Waals surface area contributed by atoms with Crippen molar-refractivity contribution in [1.82, 2.24) is 25.4 Å². The van der Waals surface area contributed by atoms with E-state index in [1.165, 1.54) is 0 Å². The Labute approximate surface area is 130 Å². The lowest BCUT2D eigenvalue weighted by atomic mass is 10.2. The van der Waals surface area contributed by atoms with Crippen molar-refractivity contribution in [2.75, 3.05) is 6.54 Å². The summed E-state index contributed by atoms with van der Waals surface area (Å²) in [6.07, 6.45) is 1.71. The Morgan fingerprint density at radius 3 is 2.77 bits per heavy atom. The van der Waals surface area contributed by atoms with Crippen molar-refractivity contribution < 1.29 is 4.79 Å². The van der Waals surface area contributed by atoms with E-state index in [0.29, 0.717) is 19.0 Å². The summed E-state index contributed by atoms with van der Waals surface area (Å²) < 4.78 is 1.98. The standard InChI is InChI=1S/C16H23N5O/c1-12(11-21-14(3)8-13(2)20-21)9-18-16(22)19-10-15-6-4-5-7-17-15/h4-8,12H,9-11H2,1-3H3,(H2,18,19,22)/t12-/m1/s1. The van der Waals surface area contributed by atoms with Gasteiger partial charge in [-0.2, -0.15) is 5.10 Å². The molecule has 2 N–H and O–H groups in total. The maximum atomic E-state index is 11.8. The van der Waals surface area contributed by atoms with E-state index in [9.17, 15) is 4.79 Å². The number of urea groups is 1. The smallest absolute Gasteiger partial charge is 0.315 e. The van der Waals surface area contributed by atoms with Crippen LogP contribution >= 0.6 is 0 Å². The topological polar surface area (TPSA) is 71.8 Å². The van der Waals surface area contributed by atoms with Crippen molar-refractivity contribution in [2.45, 2.75) is 33.9 Å². The van der Waals surface area contributed by atoms with Crippen molar-refractivity contribution in [1.29, 1.82) is 0 Å². The zero-order valence-electron chi connectivity index (χ0n) is 13.3. The van der Waals surface area contributed by atoms with Gasteiger partial charge in [0, 0.05) is 25.0 Å². The third-order valence-electron chi connectivity index (χ3n) is 3.36. The summed E-state index contributed by atoms with van der Waals surface area (Å²) in [5, 5.41) is 10.1. The van der Waals surface area contributed by atoms with Gasteiger partial charge < -0.3 is 10.6 Å². The predicted molar refractivity (Wildman–Crippen MR) is 85.3 cm³/mol. The minimum atomic E-state index is -0.175. The van der Waals surface area contributed by atoms with Gasteiger partial charge >= 0.3 is 6.03 Å². The minimum absolute atomic E-state index is 0.175. The van der Waals surface area contributed by atoms with E-state index >= 15 is 0 Å². The van der Waals surface area contributed by atoms with Crippen molar-refractivity contribution >= 4 is 6.03 Å². The molecule has 6 heteroatoms. The van der Waals surface area contributed by atoms with Crippen LogP contribution in [0.3, 0.4) is 0 Å². The molecule has 0 spiro atoms. The lowest BCUT2D eigenvalue weighted by molar-refractivity contribution is 0.238. The molecule has 1 atom stereocenters. The van der Waals surface area contributed by atoms with Crippen LogP contribution in [0.1, 0.15) is 24.0 Å². The first kappa shape index (κ1) is 16.0. The lowest BCUT2D eigenvalue weighted by Crippen LogP contribution is -2.38. The van der Waals surface area contributed by atoms with Gasteiger partial charge in [-0.25, -0.2) is 4.79 Å². The molecule has 0 aliphatic heterocycles. The Morgan fingerprint density at radius 1 is 1.32 bits per heavy atom. The number of hydrogen-bond acceptors (Lipinski definition) is 3. The molecule has 2 aromatic rings. The van der Waals surface area contributed by atoms with Gasteiger partial charge in [0.1, 0.15) is 0 Å². The van der Waals surface area contributed by atoms with E-state index in [2.05, 4.69) is 33.7 Å². The van der Waals surface area contributed by atoms with E-state index in [1.54, 1.807) is 6.20 Å². The van der Waals surface area contributed by atoms with Crippen LogP contribution in [-0.4, -0.2) is 27.3 Å². The number of pyridine rings is 1. The average Bonchev–Trinajstić information content (AvgIpc) is 2.82. The molecule has 0 aromatic carbocycles. The minimum Gasteiger partial charge on any atom is -0.338 e. The zero-order valence-corrected chi connectivity index (χ0v) is 13.3. The van der Waals surface area contributed by atoms with Crippen LogP contribution in [0.2, 0.25) is 0 Å². The van der Waals surface area contributed by atoms with Crippen LogP contribution in [0.4, 0.5) is 4.79 Å². The number of hydrogen-bond donors (Lipinski definition) is 2. The summed E-state index contributed by atoms with van der Waals surface area (Å²) in [4.78, 5) is 15.9. The Morgan fingerprint density at radius 2 is 2.14 bits per heavy atom. The van der Waals surface area contributed by atoms with Gasteiger partial charge in [0.15, 0.2) is 0 Å². The molecule has 2 aromatic heterocycles. The van der Waals surface area contributed by atoms with Crippen molar-refractivity contribution in [3.8, 4) is 0 Å². The highest BCUT2D eigenvalue weighted by Gasteiger charge is 2.09. The molecule has 0 aliphatic carbocycles. The van der Waals surface area contributed by atoms with Crippen LogP contribution in [-0.2, 0) is 13.1 Å². The quantitative estimate of drug-likeness (QED) is 0.857. The van der Waals surface area contributed by atoms with E-state index < -0.39 is 0 Å². The van der Waals surface area contributed by atoms with Crippen LogP contribution in [0.25, 0.3) is 0 Å². The maximum Gasteiger partial charge on any atom is 0.315 e. The number of aromatic nitrogens is 3. The Hall–Kier alpha value is -2.37. The molecule has 0 bridgehead atoms. The van der Waals surface area contributed by atoms with Crippen molar-refractivity contribution in [2.24, 2.45) is 5.92 Å². The molecule has 0 fully saturated rings. The number of carbonyl (C=O) groups excluding carboxylic acids is 1. The van der Waals surface area contributed by atoms with Gasteiger partial charge in [-0.1, -0.05) is 13.0 Å². The largest absolute Gasteiger partial charge is 0.338 e. The van der Waals surface area contributed by atoms with Gasteiger partial charge in [-0.05, 0) is 38.0 Å². The molecule has 0 unspecified atom stereocenters. The highest BCUT2D eigenvalue weighted by molar-refractivity contribution is 5.73. The van der Waals surface area contributed by atoms with E-state index in [1.807, 2.05) is 36.7 Å². The molecule has 0 radical (unpaired) electrons. The van der Waals surface area contributed by atoms with Crippen LogP contribution in [0.5, 0.6) is 0 Å². The third-order valence-corrected chi connectivity index (χ3v) is 3.36. The highest BCUT2D eigenvalue weighted by atomic mass is 16.2. The van der Waals surface area contributed by atoms with Gasteiger partial charge in [0.25, 0.3) is 0 Å². The summed E-state index contributed by atoms with van der Waals surface area (Å²) >= 11 is 0. The summed E-state index contributed by atoms with van der Waals surface area (Å²) in [6.45, 7) is 7.94. The Balaban J connectivity index is 1.70. The molecule has 6 nitrogen and oxygen atoms in total. The second-order valence-corrected chi connectivity index (χ2v) is 5.60. The first-order chi connectivity index (χ1) is 10.5. The Bertz CT molecular complexity index is 608. The van der Waals surface area contributed by atoms with Gasteiger partial charge in [-0.15, -0.1) is 0 Å². The van der Waals surface area contributed by atoms with Gasteiger partial charge in [-0.3, -0.25) is 9.67 Å². The zero-order chi connectivity index (χ0) is 15.9. The molecular formula is C16H23N5O. The molecule has 0 aliphatic rings. The summed E-state index contributed by atoms with van der Waals surface area (Å²) in [5.74, 6) is 0.304. The summed E-state index contributed by atoms with van der Waals surface area (Å²) in [7, 11) is 0. The molecule has 2 amide bonds.